The molecule has 7 N–H and O–H groups in total. The second-order valence-corrected chi connectivity index (χ2v) is 11.0. The van der Waals surface area contributed by atoms with E-state index in [1.54, 1.807) is 0 Å². The second-order valence-electron chi connectivity index (χ2n) is 5.93. The first-order valence-electron chi connectivity index (χ1n) is 7.73. The fourth-order valence-corrected chi connectivity index (χ4v) is 5.73. The van der Waals surface area contributed by atoms with Crippen molar-refractivity contribution < 1.29 is 60.6 Å². The number of anilines is 1. The van der Waals surface area contributed by atoms with Gasteiger partial charge in [0.15, 0.2) is 22.7 Å². The first kappa shape index (κ1) is 27.0. The number of halogens is 2. The van der Waals surface area contributed by atoms with Gasteiger partial charge in [0.05, 0.1) is 12.8 Å². The summed E-state index contributed by atoms with van der Waals surface area (Å²) in [5, 5.41) is 10.4. The van der Waals surface area contributed by atoms with E-state index in [4.69, 9.17) is 43.2 Å². The van der Waals surface area contributed by atoms with Gasteiger partial charge < -0.3 is 35.2 Å². The SMILES string of the molecule is C#CC1(Cl)[C@@H](O)[C@@H](COP(=O)(O)OP(=O)(O)OP(=O)(O)O)O[C@H]1n1cc(F)c(N)nc1=O. The molecule has 1 aromatic heterocycles. The molecular weight excluding hydrogens is 530 g/mol. The predicted molar refractivity (Wildman–Crippen MR) is 100 cm³/mol. The van der Waals surface area contributed by atoms with E-state index < -0.39 is 70.7 Å². The van der Waals surface area contributed by atoms with E-state index in [1.807, 2.05) is 5.92 Å². The molecule has 6 atom stereocenters. The maximum absolute atomic E-state index is 13.8. The molecule has 0 spiro atoms. The zero-order chi connectivity index (χ0) is 24.7. The Bertz CT molecular complexity index is 1140. The Morgan fingerprint density at radius 2 is 1.91 bits per heavy atom. The standard InChI is InChI=1S/C11H14ClFN3O13P3/c1-2-11(12)7(17)6(27-9(11)16-3-5(13)8(14)15-10(16)18)4-26-31(22,23)29-32(24,25)28-30(19,20)21/h1,3,6-7,9,17H,4H2,(H,22,23)(H,24,25)(H2,14,15,18)(H2,19,20,21)/t6-,7+,9-,11?/m1/s1. The quantitative estimate of drug-likeness (QED) is 0.133. The summed E-state index contributed by atoms with van der Waals surface area (Å²) in [6.07, 6.45) is 0.354. The van der Waals surface area contributed by atoms with Crippen LogP contribution in [-0.4, -0.2) is 57.9 Å². The lowest BCUT2D eigenvalue weighted by Crippen LogP contribution is -2.43. The van der Waals surface area contributed by atoms with Crippen molar-refractivity contribution >= 4 is 40.9 Å². The fraction of sp³-hybridized carbons (Fsp3) is 0.455. The zero-order valence-electron chi connectivity index (χ0n) is 15.2. The van der Waals surface area contributed by atoms with Gasteiger partial charge in [0.1, 0.15) is 12.2 Å². The van der Waals surface area contributed by atoms with Crippen LogP contribution in [0.15, 0.2) is 11.0 Å². The van der Waals surface area contributed by atoms with Gasteiger partial charge in [0.25, 0.3) is 0 Å². The van der Waals surface area contributed by atoms with Crippen molar-refractivity contribution in [1.82, 2.24) is 9.55 Å². The summed E-state index contributed by atoms with van der Waals surface area (Å²) in [4.78, 5) is 48.5. The number of rotatable bonds is 8. The molecule has 0 bridgehead atoms. The normalized spacial score (nSPS) is 29.8. The Morgan fingerprint density at radius 3 is 2.44 bits per heavy atom. The molecule has 1 aliphatic heterocycles. The molecule has 0 aliphatic carbocycles. The molecule has 0 radical (unpaired) electrons. The number of aromatic nitrogens is 2. The van der Waals surface area contributed by atoms with Crippen LogP contribution in [0.4, 0.5) is 10.2 Å². The van der Waals surface area contributed by atoms with Crippen LogP contribution in [0.25, 0.3) is 0 Å². The van der Waals surface area contributed by atoms with Crippen molar-refractivity contribution in [3.63, 3.8) is 0 Å². The van der Waals surface area contributed by atoms with Gasteiger partial charge in [-0.2, -0.15) is 13.6 Å². The van der Waals surface area contributed by atoms with Gasteiger partial charge >= 0.3 is 29.2 Å². The van der Waals surface area contributed by atoms with Gasteiger partial charge in [-0.25, -0.2) is 22.9 Å². The van der Waals surface area contributed by atoms with Crippen LogP contribution >= 0.6 is 35.1 Å². The van der Waals surface area contributed by atoms with Crippen LogP contribution in [0.3, 0.4) is 0 Å². The summed E-state index contributed by atoms with van der Waals surface area (Å²) in [5.41, 5.74) is 3.98. The van der Waals surface area contributed by atoms with Gasteiger partial charge in [-0.05, 0) is 0 Å². The molecule has 0 amide bonds. The van der Waals surface area contributed by atoms with Crippen molar-refractivity contribution in [3.05, 3.63) is 22.5 Å². The van der Waals surface area contributed by atoms with E-state index in [-0.39, 0.29) is 0 Å². The smallest absolute Gasteiger partial charge is 0.387 e. The van der Waals surface area contributed by atoms with E-state index in [0.29, 0.717) is 10.8 Å². The van der Waals surface area contributed by atoms with Crippen molar-refractivity contribution in [2.45, 2.75) is 23.3 Å². The van der Waals surface area contributed by atoms with Crippen LogP contribution in [-0.2, 0) is 31.6 Å². The molecule has 0 saturated carbocycles. The Morgan fingerprint density at radius 1 is 1.31 bits per heavy atom. The van der Waals surface area contributed by atoms with E-state index in [9.17, 15) is 32.9 Å². The molecule has 3 unspecified atom stereocenters. The number of alkyl halides is 1. The van der Waals surface area contributed by atoms with Gasteiger partial charge in [0, 0.05) is 0 Å². The van der Waals surface area contributed by atoms with Gasteiger partial charge in [0.2, 0.25) is 0 Å². The summed E-state index contributed by atoms with van der Waals surface area (Å²) in [7, 11) is -17.0. The third-order valence-electron chi connectivity index (χ3n) is 3.67. The highest BCUT2D eigenvalue weighted by atomic mass is 35.5. The summed E-state index contributed by atoms with van der Waals surface area (Å²) < 4.78 is 64.6. The third-order valence-corrected chi connectivity index (χ3v) is 7.99. The minimum atomic E-state index is -5.79. The number of nitrogens with two attached hydrogens (primary N) is 1. The number of hydrogen-bond acceptors (Lipinski definition) is 11. The van der Waals surface area contributed by atoms with Crippen molar-refractivity contribution in [2.75, 3.05) is 12.3 Å². The minimum absolute atomic E-state index is 0.451. The molecule has 2 rings (SSSR count). The Balaban J connectivity index is 2.22. The molecule has 180 valence electrons. The molecule has 1 aliphatic rings. The molecule has 1 saturated heterocycles. The third kappa shape index (κ3) is 6.22. The lowest BCUT2D eigenvalue weighted by Gasteiger charge is -2.25. The lowest BCUT2D eigenvalue weighted by molar-refractivity contribution is -0.0457. The maximum Gasteiger partial charge on any atom is 0.490 e. The van der Waals surface area contributed by atoms with E-state index in [1.165, 1.54) is 0 Å². The highest BCUT2D eigenvalue weighted by molar-refractivity contribution is 7.66. The van der Waals surface area contributed by atoms with Crippen LogP contribution in [0, 0.1) is 18.2 Å². The van der Waals surface area contributed by atoms with Crippen LogP contribution in [0.2, 0.25) is 0 Å². The number of nitrogen functional groups attached to an aromatic ring is 1. The van der Waals surface area contributed by atoms with Crippen molar-refractivity contribution in [1.29, 1.82) is 0 Å². The largest absolute Gasteiger partial charge is 0.490 e. The molecule has 2 heterocycles. The molecule has 1 aromatic rings. The molecule has 32 heavy (non-hydrogen) atoms. The van der Waals surface area contributed by atoms with E-state index in [2.05, 4.69) is 18.1 Å². The highest BCUT2D eigenvalue weighted by Crippen LogP contribution is 2.66. The summed E-state index contributed by atoms with van der Waals surface area (Å²) in [6.45, 7) is -1.14. The predicted octanol–water partition coefficient (Wildman–Crippen LogP) is -0.823. The lowest BCUT2D eigenvalue weighted by atomic mass is 9.99. The summed E-state index contributed by atoms with van der Waals surface area (Å²) >= 11 is 6.13. The van der Waals surface area contributed by atoms with Crippen LogP contribution in [0.5, 0.6) is 0 Å². The van der Waals surface area contributed by atoms with E-state index >= 15 is 0 Å². The number of hydrogen-bond donors (Lipinski definition) is 6. The first-order chi connectivity index (χ1) is 14.4. The number of ether oxygens (including phenoxy) is 1. The fourth-order valence-electron chi connectivity index (χ4n) is 2.41. The molecular formula is C11H14ClFN3O13P3. The topological polar surface area (TPSA) is 250 Å². The number of phosphoric acid groups is 3. The molecule has 21 heteroatoms. The van der Waals surface area contributed by atoms with Crippen molar-refractivity contribution in [2.24, 2.45) is 0 Å². The van der Waals surface area contributed by atoms with Gasteiger partial charge in [-0.15, -0.1) is 6.42 Å². The Hall–Kier alpha value is -1.21. The highest BCUT2D eigenvalue weighted by Gasteiger charge is 2.56. The van der Waals surface area contributed by atoms with Crippen LogP contribution < -0.4 is 11.4 Å². The maximum atomic E-state index is 13.8. The second kappa shape index (κ2) is 9.21. The van der Waals surface area contributed by atoms with Crippen LogP contribution in [0.1, 0.15) is 6.23 Å². The minimum Gasteiger partial charge on any atom is -0.387 e. The monoisotopic (exact) mass is 543 g/mol. The number of aliphatic hydroxyl groups excluding tert-OH is 1. The average Bonchev–Trinajstić information content (AvgIpc) is 2.85. The van der Waals surface area contributed by atoms with Crippen molar-refractivity contribution in [3.8, 4) is 12.3 Å². The summed E-state index contributed by atoms with van der Waals surface area (Å²) in [5.74, 6) is 0.00520. The average molecular weight is 544 g/mol. The van der Waals surface area contributed by atoms with E-state index in [0.717, 1.165) is 0 Å². The molecule has 0 aromatic carbocycles. The Kier molecular flexibility index (Phi) is 7.78. The molecule has 16 nitrogen and oxygen atoms in total. The summed E-state index contributed by atoms with van der Waals surface area (Å²) in [6, 6.07) is 0. The number of nitrogens with zero attached hydrogens (tertiary/aromatic N) is 2. The number of phosphoric ester groups is 1. The Labute approximate surface area is 182 Å². The number of terminal acetylenes is 1. The first-order valence-corrected chi connectivity index (χ1v) is 12.6. The van der Waals surface area contributed by atoms with Gasteiger partial charge in [-0.1, -0.05) is 17.5 Å². The van der Waals surface area contributed by atoms with Gasteiger partial charge in [-0.3, -0.25) is 9.09 Å². The molecule has 1 fully saturated rings. The number of aliphatic hydroxyl groups is 1. The zero-order valence-corrected chi connectivity index (χ0v) is 18.6.